The normalized spacial score (nSPS) is 13.2. The average molecular weight is 246 g/mol. The van der Waals surface area contributed by atoms with Crippen LogP contribution >= 0.6 is 0 Å². The summed E-state index contributed by atoms with van der Waals surface area (Å²) >= 11 is 0. The van der Waals surface area contributed by atoms with Crippen molar-refractivity contribution in [1.29, 1.82) is 0 Å². The zero-order chi connectivity index (χ0) is 13.4. The Kier molecular flexibility index (Phi) is 3.50. The van der Waals surface area contributed by atoms with Crippen molar-refractivity contribution >= 4 is 0 Å². The summed E-state index contributed by atoms with van der Waals surface area (Å²) in [6.45, 7) is 9.02. The van der Waals surface area contributed by atoms with Crippen molar-refractivity contribution in [3.8, 4) is 0 Å². The minimum absolute atomic E-state index is 0.0554. The Bertz CT molecular complexity index is 371. The van der Waals surface area contributed by atoms with Crippen LogP contribution in [0.3, 0.4) is 0 Å². The number of hydrogen-bond acceptors (Lipinski definition) is 2. The molecule has 1 aromatic rings. The van der Waals surface area contributed by atoms with Gasteiger partial charge in [-0.1, -0.05) is 34.6 Å². The van der Waals surface area contributed by atoms with Crippen molar-refractivity contribution < 1.29 is 13.2 Å². The Hall–Kier alpha value is -1.13. The first-order chi connectivity index (χ1) is 7.51. The molecule has 0 N–H and O–H groups in total. The van der Waals surface area contributed by atoms with E-state index in [0.717, 1.165) is 6.07 Å². The number of nitrogens with zero attached hydrogens (tertiary/aromatic N) is 2. The van der Waals surface area contributed by atoms with Crippen molar-refractivity contribution in [2.24, 2.45) is 0 Å². The second kappa shape index (κ2) is 4.27. The second-order valence-corrected chi connectivity index (χ2v) is 5.40. The van der Waals surface area contributed by atoms with Gasteiger partial charge in [0.15, 0.2) is 0 Å². The van der Waals surface area contributed by atoms with Crippen LogP contribution in [0, 0.1) is 0 Å². The molecule has 0 radical (unpaired) electrons. The number of hydrogen-bond donors (Lipinski definition) is 0. The molecule has 0 saturated heterocycles. The lowest BCUT2D eigenvalue weighted by Gasteiger charge is -2.20. The molecular weight excluding hydrogens is 229 g/mol. The van der Waals surface area contributed by atoms with E-state index in [9.17, 15) is 13.2 Å². The summed E-state index contributed by atoms with van der Waals surface area (Å²) in [7, 11) is 0. The first kappa shape index (κ1) is 13.9. The molecule has 96 valence electrons. The second-order valence-electron chi connectivity index (χ2n) is 5.40. The predicted molar refractivity (Wildman–Crippen MR) is 59.8 cm³/mol. The molecule has 0 saturated carbocycles. The summed E-state index contributed by atoms with van der Waals surface area (Å²) in [5.41, 5.74) is -0.927. The quantitative estimate of drug-likeness (QED) is 0.750. The van der Waals surface area contributed by atoms with Crippen LogP contribution in [0.4, 0.5) is 13.2 Å². The molecule has 0 spiro atoms. The standard InChI is InChI=1S/C12H17F3N2/c1-7(2)8-6-9(12(13,14)15)17-10(16-8)11(3,4)5/h6-7H,1-5H3. The lowest BCUT2D eigenvalue weighted by atomic mass is 9.95. The average Bonchev–Trinajstić information content (AvgIpc) is 2.14. The van der Waals surface area contributed by atoms with E-state index >= 15 is 0 Å². The molecule has 0 aliphatic heterocycles. The molecule has 2 nitrogen and oxygen atoms in total. The molecule has 0 aliphatic carbocycles. The third-order valence-electron chi connectivity index (χ3n) is 2.30. The van der Waals surface area contributed by atoms with Crippen LogP contribution in [0.1, 0.15) is 57.7 Å². The molecule has 0 fully saturated rings. The summed E-state index contributed by atoms with van der Waals surface area (Å²) in [6.07, 6.45) is -4.42. The predicted octanol–water partition coefficient (Wildman–Crippen LogP) is 3.92. The van der Waals surface area contributed by atoms with E-state index in [0.29, 0.717) is 5.69 Å². The molecule has 0 aliphatic rings. The molecule has 0 atom stereocenters. The van der Waals surface area contributed by atoms with Crippen LogP contribution in [0.25, 0.3) is 0 Å². The van der Waals surface area contributed by atoms with E-state index in [1.54, 1.807) is 20.8 Å². The molecular formula is C12H17F3N2. The maximum Gasteiger partial charge on any atom is 0.433 e. The van der Waals surface area contributed by atoms with E-state index < -0.39 is 17.3 Å². The van der Waals surface area contributed by atoms with Crippen LogP contribution in [0.2, 0.25) is 0 Å². The Balaban J connectivity index is 3.40. The minimum atomic E-state index is -4.42. The lowest BCUT2D eigenvalue weighted by molar-refractivity contribution is -0.141. The SMILES string of the molecule is CC(C)c1cc(C(F)(F)F)nc(C(C)(C)C)n1. The smallest absolute Gasteiger partial charge is 0.237 e. The third kappa shape index (κ3) is 3.41. The fourth-order valence-electron chi connectivity index (χ4n) is 1.24. The Morgan fingerprint density at radius 3 is 1.94 bits per heavy atom. The highest BCUT2D eigenvalue weighted by atomic mass is 19.4. The Labute approximate surface area is 99.3 Å². The summed E-state index contributed by atoms with van der Waals surface area (Å²) in [5, 5.41) is 0. The van der Waals surface area contributed by atoms with Crippen molar-refractivity contribution in [3.63, 3.8) is 0 Å². The molecule has 17 heavy (non-hydrogen) atoms. The monoisotopic (exact) mass is 246 g/mol. The van der Waals surface area contributed by atoms with E-state index in [-0.39, 0.29) is 11.7 Å². The molecule has 0 aromatic carbocycles. The third-order valence-corrected chi connectivity index (χ3v) is 2.30. The van der Waals surface area contributed by atoms with Gasteiger partial charge in [-0.25, -0.2) is 9.97 Å². The van der Waals surface area contributed by atoms with E-state index in [4.69, 9.17) is 0 Å². The topological polar surface area (TPSA) is 25.8 Å². The summed E-state index contributed by atoms with van der Waals surface area (Å²) in [4.78, 5) is 7.83. The number of aromatic nitrogens is 2. The fourth-order valence-corrected chi connectivity index (χ4v) is 1.24. The Morgan fingerprint density at radius 2 is 1.59 bits per heavy atom. The zero-order valence-corrected chi connectivity index (χ0v) is 10.7. The van der Waals surface area contributed by atoms with E-state index in [1.165, 1.54) is 0 Å². The number of alkyl halides is 3. The van der Waals surface area contributed by atoms with Gasteiger partial charge >= 0.3 is 6.18 Å². The van der Waals surface area contributed by atoms with Crippen molar-refractivity contribution in [2.75, 3.05) is 0 Å². The van der Waals surface area contributed by atoms with E-state index in [1.807, 2.05) is 13.8 Å². The molecule has 0 unspecified atom stereocenters. The van der Waals surface area contributed by atoms with Gasteiger partial charge in [0.25, 0.3) is 0 Å². The summed E-state index contributed by atoms with van der Waals surface area (Å²) in [6, 6.07) is 1.03. The molecule has 1 aromatic heterocycles. The van der Waals surface area contributed by atoms with Gasteiger partial charge in [0, 0.05) is 11.1 Å². The first-order valence-electron chi connectivity index (χ1n) is 5.48. The van der Waals surface area contributed by atoms with Crippen molar-refractivity contribution in [1.82, 2.24) is 9.97 Å². The summed E-state index contributed by atoms with van der Waals surface area (Å²) in [5.74, 6) is 0.177. The largest absolute Gasteiger partial charge is 0.433 e. The van der Waals surface area contributed by atoms with Crippen LogP contribution < -0.4 is 0 Å². The summed E-state index contributed by atoms with van der Waals surface area (Å²) < 4.78 is 38.1. The van der Waals surface area contributed by atoms with Crippen LogP contribution in [-0.4, -0.2) is 9.97 Å². The molecule has 5 heteroatoms. The molecule has 0 bridgehead atoms. The number of rotatable bonds is 1. The maximum absolute atomic E-state index is 12.7. The van der Waals surface area contributed by atoms with Gasteiger partial charge in [-0.15, -0.1) is 0 Å². The van der Waals surface area contributed by atoms with Gasteiger partial charge in [0.05, 0.1) is 0 Å². The van der Waals surface area contributed by atoms with Gasteiger partial charge < -0.3 is 0 Å². The molecule has 1 rings (SSSR count). The van der Waals surface area contributed by atoms with Gasteiger partial charge in [0.1, 0.15) is 11.5 Å². The zero-order valence-electron chi connectivity index (χ0n) is 10.7. The van der Waals surface area contributed by atoms with Gasteiger partial charge in [-0.2, -0.15) is 13.2 Å². The van der Waals surface area contributed by atoms with E-state index in [2.05, 4.69) is 9.97 Å². The van der Waals surface area contributed by atoms with Crippen LogP contribution in [0.15, 0.2) is 6.07 Å². The highest BCUT2D eigenvalue weighted by Gasteiger charge is 2.35. The van der Waals surface area contributed by atoms with Crippen molar-refractivity contribution in [2.45, 2.75) is 52.1 Å². The molecule has 0 amide bonds. The van der Waals surface area contributed by atoms with Gasteiger partial charge in [-0.3, -0.25) is 0 Å². The minimum Gasteiger partial charge on any atom is -0.237 e. The van der Waals surface area contributed by atoms with Gasteiger partial charge in [0.2, 0.25) is 0 Å². The van der Waals surface area contributed by atoms with Crippen molar-refractivity contribution in [3.05, 3.63) is 23.3 Å². The van der Waals surface area contributed by atoms with Crippen LogP contribution in [-0.2, 0) is 11.6 Å². The van der Waals surface area contributed by atoms with Crippen LogP contribution in [0.5, 0.6) is 0 Å². The molecule has 1 heterocycles. The maximum atomic E-state index is 12.7. The van der Waals surface area contributed by atoms with Gasteiger partial charge in [-0.05, 0) is 12.0 Å². The highest BCUT2D eigenvalue weighted by molar-refractivity contribution is 5.19. The lowest BCUT2D eigenvalue weighted by Crippen LogP contribution is -2.21. The fraction of sp³-hybridized carbons (Fsp3) is 0.667. The Morgan fingerprint density at radius 1 is 1.06 bits per heavy atom. The first-order valence-corrected chi connectivity index (χ1v) is 5.48. The highest BCUT2D eigenvalue weighted by Crippen LogP contribution is 2.31. The number of halogens is 3.